The van der Waals surface area contributed by atoms with Gasteiger partial charge < -0.3 is 10.1 Å². The first-order valence-electron chi connectivity index (χ1n) is 8.04. The summed E-state index contributed by atoms with van der Waals surface area (Å²) in [5, 5.41) is 11.2. The molecule has 0 aromatic heterocycles. The lowest BCUT2D eigenvalue weighted by atomic mass is 9.98. The maximum atomic E-state index is 11.0. The monoisotopic (exact) mass is 331 g/mol. The Morgan fingerprint density at radius 2 is 2.00 bits per heavy atom. The zero-order valence-corrected chi connectivity index (χ0v) is 13.8. The number of carbonyl (C=O) groups excluding carboxylic acids is 1. The van der Waals surface area contributed by atoms with E-state index < -0.39 is 0 Å². The summed E-state index contributed by atoms with van der Waals surface area (Å²) in [6.07, 6.45) is 8.44. The summed E-state index contributed by atoms with van der Waals surface area (Å²) in [7, 11) is 0. The minimum Gasteiger partial charge on any atom is -0.374 e. The van der Waals surface area contributed by atoms with Gasteiger partial charge in [-0.15, -0.1) is 5.10 Å². The Morgan fingerprint density at radius 3 is 2.70 bits per heavy atom. The van der Waals surface area contributed by atoms with E-state index in [4.69, 9.17) is 4.74 Å². The van der Waals surface area contributed by atoms with Crippen molar-refractivity contribution in [3.63, 3.8) is 0 Å². The molecule has 1 heterocycles. The van der Waals surface area contributed by atoms with E-state index in [-0.39, 0.29) is 5.91 Å². The molecule has 1 saturated heterocycles. The smallest absolute Gasteiger partial charge is 0.236 e. The average molecular weight is 331 g/mol. The quantitative estimate of drug-likeness (QED) is 0.666. The van der Waals surface area contributed by atoms with Crippen molar-refractivity contribution in [1.82, 2.24) is 5.32 Å². The van der Waals surface area contributed by atoms with Gasteiger partial charge in [0.25, 0.3) is 0 Å². The van der Waals surface area contributed by atoms with Crippen molar-refractivity contribution in [2.24, 2.45) is 10.2 Å². The van der Waals surface area contributed by atoms with Gasteiger partial charge in [-0.05, 0) is 24.0 Å². The van der Waals surface area contributed by atoms with Gasteiger partial charge in [-0.3, -0.25) is 4.79 Å². The summed E-state index contributed by atoms with van der Waals surface area (Å²) < 4.78 is 5.97. The largest absolute Gasteiger partial charge is 0.374 e. The van der Waals surface area contributed by atoms with Crippen LogP contribution >= 0.6 is 11.8 Å². The second-order valence-electron chi connectivity index (χ2n) is 5.80. The molecule has 3 rings (SSSR count). The highest BCUT2D eigenvalue weighted by Gasteiger charge is 2.16. The van der Waals surface area contributed by atoms with Crippen molar-refractivity contribution in [3.8, 4) is 0 Å². The third-order valence-electron chi connectivity index (χ3n) is 3.96. The molecule has 23 heavy (non-hydrogen) atoms. The van der Waals surface area contributed by atoms with Crippen LogP contribution in [-0.2, 0) is 16.1 Å². The molecule has 0 unspecified atom stereocenters. The zero-order chi connectivity index (χ0) is 15.9. The van der Waals surface area contributed by atoms with Crippen LogP contribution < -0.4 is 5.32 Å². The van der Waals surface area contributed by atoms with E-state index in [1.165, 1.54) is 49.4 Å². The fraction of sp³-hybridized carbons (Fsp3) is 0.471. The van der Waals surface area contributed by atoms with Crippen LogP contribution in [-0.4, -0.2) is 29.1 Å². The van der Waals surface area contributed by atoms with Gasteiger partial charge in [-0.25, -0.2) is 0 Å². The Labute approximate surface area is 140 Å². The summed E-state index contributed by atoms with van der Waals surface area (Å²) in [5.74, 6) is 0.399. The molecule has 1 aliphatic heterocycles. The van der Waals surface area contributed by atoms with Crippen LogP contribution in [0, 0.1) is 0 Å². The van der Waals surface area contributed by atoms with Crippen LogP contribution in [0.25, 0.3) is 0 Å². The van der Waals surface area contributed by atoms with Gasteiger partial charge in [0.05, 0.1) is 24.7 Å². The van der Waals surface area contributed by atoms with Crippen LogP contribution in [0.5, 0.6) is 0 Å². The molecule has 0 spiro atoms. The molecule has 122 valence electrons. The molecule has 0 radical (unpaired) electrons. The Balaban J connectivity index is 1.47. The fourth-order valence-electron chi connectivity index (χ4n) is 2.67. The van der Waals surface area contributed by atoms with Crippen LogP contribution in [0.15, 0.2) is 34.5 Å². The summed E-state index contributed by atoms with van der Waals surface area (Å²) in [4.78, 5) is 11.0. The molecule has 1 aromatic carbocycles. The minimum absolute atomic E-state index is 0.0220. The Kier molecular flexibility index (Phi) is 5.82. The number of nitrogens with one attached hydrogen (secondary N) is 1. The molecule has 6 heteroatoms. The predicted octanol–water partition coefficient (Wildman–Crippen LogP) is 3.09. The molecule has 1 amide bonds. The number of carbonyl (C=O) groups is 1. The van der Waals surface area contributed by atoms with Gasteiger partial charge in [0.15, 0.2) is 5.17 Å². The van der Waals surface area contributed by atoms with Crippen molar-refractivity contribution < 1.29 is 9.53 Å². The lowest BCUT2D eigenvalue weighted by molar-refractivity contribution is -0.116. The lowest BCUT2D eigenvalue weighted by Gasteiger charge is -2.22. The zero-order valence-electron chi connectivity index (χ0n) is 13.0. The van der Waals surface area contributed by atoms with E-state index >= 15 is 0 Å². The fourth-order valence-corrected chi connectivity index (χ4v) is 3.30. The summed E-state index contributed by atoms with van der Waals surface area (Å²) in [6, 6.07) is 8.13. The molecule has 2 fully saturated rings. The van der Waals surface area contributed by atoms with Crippen LogP contribution in [0.2, 0.25) is 0 Å². The second kappa shape index (κ2) is 8.26. The molecule has 0 atom stereocenters. The highest BCUT2D eigenvalue weighted by Crippen LogP contribution is 2.21. The van der Waals surface area contributed by atoms with Gasteiger partial charge >= 0.3 is 0 Å². The first-order chi connectivity index (χ1) is 11.3. The average Bonchev–Trinajstić information content (AvgIpc) is 3.00. The van der Waals surface area contributed by atoms with Crippen molar-refractivity contribution in [1.29, 1.82) is 0 Å². The number of rotatable bonds is 5. The first-order valence-corrected chi connectivity index (χ1v) is 9.02. The molecule has 1 aliphatic carbocycles. The maximum absolute atomic E-state index is 11.0. The predicted molar refractivity (Wildman–Crippen MR) is 93.7 cm³/mol. The van der Waals surface area contributed by atoms with Gasteiger partial charge in [-0.1, -0.05) is 55.3 Å². The molecule has 1 saturated carbocycles. The molecule has 1 N–H and O–H groups in total. The SMILES string of the molecule is O=C1CSC(=NN=Cc2ccc(COC3CCCCC3)cc2)N1. The molecular formula is C17H21N3O2S. The summed E-state index contributed by atoms with van der Waals surface area (Å²) >= 11 is 1.37. The van der Waals surface area contributed by atoms with E-state index in [1.807, 2.05) is 12.1 Å². The minimum atomic E-state index is -0.0220. The number of ether oxygens (including phenoxy) is 1. The number of thioether (sulfide) groups is 1. The van der Waals surface area contributed by atoms with Gasteiger partial charge in [0.1, 0.15) is 0 Å². The number of amidine groups is 1. The topological polar surface area (TPSA) is 63.0 Å². The van der Waals surface area contributed by atoms with E-state index in [9.17, 15) is 4.79 Å². The van der Waals surface area contributed by atoms with E-state index in [2.05, 4.69) is 27.7 Å². The number of hydrogen-bond donors (Lipinski definition) is 1. The third kappa shape index (κ3) is 5.18. The van der Waals surface area contributed by atoms with Crippen LogP contribution in [0.1, 0.15) is 43.2 Å². The van der Waals surface area contributed by atoms with E-state index in [0.717, 1.165) is 5.56 Å². The third-order valence-corrected chi connectivity index (χ3v) is 4.82. The van der Waals surface area contributed by atoms with Crippen LogP contribution in [0.4, 0.5) is 0 Å². The number of hydrogen-bond acceptors (Lipinski definition) is 5. The van der Waals surface area contributed by atoms with E-state index in [0.29, 0.717) is 23.6 Å². The highest BCUT2D eigenvalue weighted by atomic mass is 32.2. The summed E-state index contributed by atoms with van der Waals surface area (Å²) in [5.41, 5.74) is 2.16. The van der Waals surface area contributed by atoms with Crippen molar-refractivity contribution in [2.75, 3.05) is 5.75 Å². The Hall–Kier alpha value is -1.66. The summed E-state index contributed by atoms with van der Waals surface area (Å²) in [6.45, 7) is 0.674. The normalized spacial score (nSPS) is 21.2. The second-order valence-corrected chi connectivity index (χ2v) is 6.76. The van der Waals surface area contributed by atoms with E-state index in [1.54, 1.807) is 6.21 Å². The lowest BCUT2D eigenvalue weighted by Crippen LogP contribution is -2.19. The molecule has 1 aromatic rings. The van der Waals surface area contributed by atoms with Gasteiger partial charge in [0.2, 0.25) is 5.91 Å². The molecule has 2 aliphatic rings. The van der Waals surface area contributed by atoms with Crippen LogP contribution in [0.3, 0.4) is 0 Å². The highest BCUT2D eigenvalue weighted by molar-refractivity contribution is 8.15. The number of nitrogens with zero attached hydrogens (tertiary/aromatic N) is 2. The molecule has 0 bridgehead atoms. The van der Waals surface area contributed by atoms with Crippen molar-refractivity contribution in [3.05, 3.63) is 35.4 Å². The number of amides is 1. The van der Waals surface area contributed by atoms with Crippen molar-refractivity contribution in [2.45, 2.75) is 44.8 Å². The van der Waals surface area contributed by atoms with Gasteiger partial charge in [-0.2, -0.15) is 5.10 Å². The molecule has 5 nitrogen and oxygen atoms in total. The Morgan fingerprint density at radius 1 is 1.22 bits per heavy atom. The van der Waals surface area contributed by atoms with Crippen molar-refractivity contribution >= 4 is 29.1 Å². The maximum Gasteiger partial charge on any atom is 0.236 e. The number of benzene rings is 1. The Bertz CT molecular complexity index is 592. The molecular weight excluding hydrogens is 310 g/mol. The first kappa shape index (κ1) is 16.2. The standard InChI is InChI=1S/C17H21N3O2S/c21-16-12-23-17(19-16)20-18-10-13-6-8-14(9-7-13)11-22-15-4-2-1-3-5-15/h6-10,15H,1-5,11-12H2,(H,19,20,21). The van der Waals surface area contributed by atoms with Gasteiger partial charge in [0, 0.05) is 0 Å².